The minimum Gasteiger partial charge on any atom is -0.276 e. The highest BCUT2D eigenvalue weighted by Gasteiger charge is 2.36. The summed E-state index contributed by atoms with van der Waals surface area (Å²) in [5, 5.41) is 4.04. The third kappa shape index (κ3) is 2.77. The van der Waals surface area contributed by atoms with Gasteiger partial charge in [-0.1, -0.05) is 0 Å². The Morgan fingerprint density at radius 3 is 2.50 bits per heavy atom. The number of hydrogen-bond donors (Lipinski definition) is 1. The molecule has 20 heavy (non-hydrogen) atoms. The molecule has 0 aromatic carbocycles. The first kappa shape index (κ1) is 14.8. The molecule has 0 amide bonds. The summed E-state index contributed by atoms with van der Waals surface area (Å²) in [6, 6.07) is 0.484. The highest BCUT2D eigenvalue weighted by atomic mass is 32.2. The maximum absolute atomic E-state index is 12.5. The van der Waals surface area contributed by atoms with Crippen LogP contribution in [0.5, 0.6) is 0 Å². The van der Waals surface area contributed by atoms with Gasteiger partial charge in [-0.15, -0.1) is 0 Å². The minimum absolute atomic E-state index is 0.227. The van der Waals surface area contributed by atoms with Crippen molar-refractivity contribution in [1.29, 1.82) is 0 Å². The Labute approximate surface area is 116 Å². The molecule has 0 saturated carbocycles. The van der Waals surface area contributed by atoms with Gasteiger partial charge < -0.3 is 0 Å². The van der Waals surface area contributed by atoms with Gasteiger partial charge in [-0.3, -0.25) is 9.40 Å². The molecule has 6 nitrogen and oxygen atoms in total. The third-order valence-corrected chi connectivity index (χ3v) is 4.54. The van der Waals surface area contributed by atoms with Gasteiger partial charge in [-0.05, 0) is 18.5 Å². The average Bonchev–Trinajstić information content (AvgIpc) is 2.85. The van der Waals surface area contributed by atoms with E-state index in [2.05, 4.69) is 14.2 Å². The predicted octanol–water partition coefficient (Wildman–Crippen LogP) is 2.00. The van der Waals surface area contributed by atoms with E-state index >= 15 is 0 Å². The summed E-state index contributed by atoms with van der Waals surface area (Å²) in [5.74, 6) is 0. The van der Waals surface area contributed by atoms with Crippen LogP contribution in [0.1, 0.15) is 11.4 Å². The van der Waals surface area contributed by atoms with Gasteiger partial charge in [0.2, 0.25) is 0 Å². The van der Waals surface area contributed by atoms with Crippen molar-refractivity contribution in [3.63, 3.8) is 0 Å². The molecule has 0 fully saturated rings. The number of sulfonamides is 1. The van der Waals surface area contributed by atoms with Crippen molar-refractivity contribution in [3.05, 3.63) is 22.8 Å². The summed E-state index contributed by atoms with van der Waals surface area (Å²) in [5.41, 5.74) is -0.595. The highest BCUT2D eigenvalue weighted by Crippen LogP contribution is 2.30. The first-order valence-electron chi connectivity index (χ1n) is 5.16. The van der Waals surface area contributed by atoms with Crippen molar-refractivity contribution in [2.45, 2.75) is 18.1 Å². The number of nitrogens with zero attached hydrogens (tertiary/aromatic N) is 3. The lowest BCUT2D eigenvalue weighted by Gasteiger charge is -2.06. The van der Waals surface area contributed by atoms with Gasteiger partial charge in [0.15, 0.2) is 10.7 Å². The van der Waals surface area contributed by atoms with Crippen LogP contribution in [0.3, 0.4) is 0 Å². The zero-order chi connectivity index (χ0) is 15.1. The Hall–Kier alpha value is -1.62. The molecular formula is C9H9F3N4O2S2. The standard InChI is InChI=1S/C9H9F3N4O2S2/c1-5-6(4-19-14-5)15-20(17,18)8-3-7(9(10,11)12)13-16(8)2/h3-4,15H,1-2H3. The lowest BCUT2D eigenvalue weighted by atomic mass is 10.4. The quantitative estimate of drug-likeness (QED) is 0.936. The molecule has 2 aromatic heterocycles. The largest absolute Gasteiger partial charge is 0.435 e. The van der Waals surface area contributed by atoms with E-state index in [9.17, 15) is 21.6 Å². The van der Waals surface area contributed by atoms with Gasteiger partial charge in [0.1, 0.15) is 0 Å². The maximum atomic E-state index is 12.5. The topological polar surface area (TPSA) is 76.9 Å². The fourth-order valence-electron chi connectivity index (χ4n) is 1.43. The number of halogens is 3. The number of aryl methyl sites for hydroxylation is 2. The summed E-state index contributed by atoms with van der Waals surface area (Å²) in [4.78, 5) is 0. The first-order valence-corrected chi connectivity index (χ1v) is 7.48. The van der Waals surface area contributed by atoms with Gasteiger partial charge in [0.05, 0.1) is 11.4 Å². The van der Waals surface area contributed by atoms with Crippen LogP contribution < -0.4 is 4.72 Å². The second kappa shape index (κ2) is 4.74. The Kier molecular flexibility index (Phi) is 3.50. The molecule has 0 saturated heterocycles. The van der Waals surface area contributed by atoms with Gasteiger partial charge in [-0.25, -0.2) is 0 Å². The molecule has 1 N–H and O–H groups in total. The normalized spacial score (nSPS) is 12.7. The lowest BCUT2D eigenvalue weighted by molar-refractivity contribution is -0.141. The fraction of sp³-hybridized carbons (Fsp3) is 0.333. The molecule has 0 aliphatic carbocycles. The van der Waals surface area contributed by atoms with E-state index in [1.165, 1.54) is 5.38 Å². The van der Waals surface area contributed by atoms with E-state index < -0.39 is 26.9 Å². The maximum Gasteiger partial charge on any atom is 0.435 e. The number of alkyl halides is 3. The lowest BCUT2D eigenvalue weighted by Crippen LogP contribution is -2.16. The molecule has 0 bridgehead atoms. The molecule has 0 aliphatic rings. The molecule has 11 heteroatoms. The molecule has 0 aliphatic heterocycles. The van der Waals surface area contributed by atoms with E-state index in [1.54, 1.807) is 6.92 Å². The van der Waals surface area contributed by atoms with Crippen molar-refractivity contribution in [2.24, 2.45) is 7.05 Å². The van der Waals surface area contributed by atoms with Crippen LogP contribution in [0.15, 0.2) is 16.5 Å². The van der Waals surface area contributed by atoms with E-state index in [0.29, 0.717) is 16.4 Å². The second-order valence-electron chi connectivity index (χ2n) is 3.91. The summed E-state index contributed by atoms with van der Waals surface area (Å²) in [7, 11) is -3.03. The summed E-state index contributed by atoms with van der Waals surface area (Å²) >= 11 is 1.04. The van der Waals surface area contributed by atoms with Gasteiger partial charge >= 0.3 is 6.18 Å². The van der Waals surface area contributed by atoms with Crippen LogP contribution >= 0.6 is 11.5 Å². The van der Waals surface area contributed by atoms with Crippen LogP contribution in [0.25, 0.3) is 0 Å². The average molecular weight is 326 g/mol. The zero-order valence-electron chi connectivity index (χ0n) is 10.3. The van der Waals surface area contributed by atoms with Crippen molar-refractivity contribution < 1.29 is 21.6 Å². The summed E-state index contributed by atoms with van der Waals surface area (Å²) in [6.45, 7) is 1.58. The number of rotatable bonds is 3. The Morgan fingerprint density at radius 2 is 2.05 bits per heavy atom. The Bertz CT molecular complexity index is 733. The van der Waals surface area contributed by atoms with Crippen molar-refractivity contribution in [1.82, 2.24) is 14.2 Å². The molecule has 2 heterocycles. The zero-order valence-corrected chi connectivity index (χ0v) is 11.9. The van der Waals surface area contributed by atoms with Gasteiger partial charge in [0, 0.05) is 18.5 Å². The molecule has 0 spiro atoms. The third-order valence-electron chi connectivity index (χ3n) is 2.40. The second-order valence-corrected chi connectivity index (χ2v) is 6.17. The van der Waals surface area contributed by atoms with E-state index in [-0.39, 0.29) is 5.69 Å². The fourth-order valence-corrected chi connectivity index (χ4v) is 3.40. The Balaban J connectivity index is 2.40. The molecule has 2 rings (SSSR count). The molecule has 110 valence electrons. The molecule has 2 aromatic rings. The van der Waals surface area contributed by atoms with Crippen molar-refractivity contribution in [2.75, 3.05) is 4.72 Å². The Morgan fingerprint density at radius 1 is 1.40 bits per heavy atom. The van der Waals surface area contributed by atoms with Crippen LogP contribution in [0.4, 0.5) is 18.9 Å². The van der Waals surface area contributed by atoms with Crippen LogP contribution in [-0.2, 0) is 23.2 Å². The SMILES string of the molecule is Cc1nscc1NS(=O)(=O)c1cc(C(F)(F)F)nn1C. The predicted molar refractivity (Wildman–Crippen MR) is 65.9 cm³/mol. The van der Waals surface area contributed by atoms with Crippen molar-refractivity contribution >= 4 is 27.2 Å². The molecule has 0 atom stereocenters. The smallest absolute Gasteiger partial charge is 0.276 e. The van der Waals surface area contributed by atoms with E-state index in [4.69, 9.17) is 0 Å². The molecule has 0 radical (unpaired) electrons. The number of aromatic nitrogens is 3. The highest BCUT2D eigenvalue weighted by molar-refractivity contribution is 7.92. The number of anilines is 1. The van der Waals surface area contributed by atoms with Crippen molar-refractivity contribution in [3.8, 4) is 0 Å². The van der Waals surface area contributed by atoms with Crippen LogP contribution in [-0.4, -0.2) is 22.6 Å². The van der Waals surface area contributed by atoms with E-state index in [0.717, 1.165) is 18.6 Å². The minimum atomic E-state index is -4.70. The van der Waals surface area contributed by atoms with E-state index in [1.807, 2.05) is 0 Å². The van der Waals surface area contributed by atoms with Crippen LogP contribution in [0.2, 0.25) is 0 Å². The first-order chi connectivity index (χ1) is 9.11. The molecular weight excluding hydrogens is 317 g/mol. The van der Waals surface area contributed by atoms with Gasteiger partial charge in [0.25, 0.3) is 10.0 Å². The van der Waals surface area contributed by atoms with Gasteiger partial charge in [-0.2, -0.15) is 31.1 Å². The number of hydrogen-bond acceptors (Lipinski definition) is 5. The summed E-state index contributed by atoms with van der Waals surface area (Å²) in [6.07, 6.45) is -4.70. The summed E-state index contributed by atoms with van der Waals surface area (Å²) < 4.78 is 68.4. The monoisotopic (exact) mass is 326 g/mol. The molecule has 0 unspecified atom stereocenters. The van der Waals surface area contributed by atoms with Crippen LogP contribution in [0, 0.1) is 6.92 Å². The number of nitrogens with one attached hydrogen (secondary N) is 1.